The molecule has 0 spiro atoms. The highest BCUT2D eigenvalue weighted by molar-refractivity contribution is 5.82. The Labute approximate surface area is 201 Å². The molecule has 1 amide bonds. The number of aliphatic hydroxyl groups is 1. The van der Waals surface area contributed by atoms with E-state index in [4.69, 9.17) is 9.47 Å². The third kappa shape index (κ3) is 4.85. The first-order valence-electron chi connectivity index (χ1n) is 11.7. The van der Waals surface area contributed by atoms with Crippen LogP contribution in [0.2, 0.25) is 0 Å². The fourth-order valence-electron chi connectivity index (χ4n) is 4.55. The molecule has 1 aliphatic carbocycles. The van der Waals surface area contributed by atoms with Crippen LogP contribution in [0.25, 0.3) is 17.2 Å². The second-order valence-electron chi connectivity index (χ2n) is 8.35. The van der Waals surface area contributed by atoms with E-state index in [9.17, 15) is 9.90 Å². The number of ether oxygens (including phenoxy) is 2. The summed E-state index contributed by atoms with van der Waals surface area (Å²) in [6, 6.07) is 21.8. The van der Waals surface area contributed by atoms with Gasteiger partial charge in [-0.1, -0.05) is 66.7 Å². The standard InChI is InChI=1S/C29H31NO4/c1-4-10-21-15-16-27(33-5-2)28(17-21)34-19-22(32)18-30(20(3)31)29-25-13-8-6-11-23(25)24-12-7-9-14-26(24)29/h4,6-17,22,29,32H,5,18-19H2,1-3H3. The minimum atomic E-state index is -0.872. The first-order chi connectivity index (χ1) is 16.5. The van der Waals surface area contributed by atoms with Crippen LogP contribution in [-0.4, -0.2) is 41.8 Å². The van der Waals surface area contributed by atoms with Gasteiger partial charge in [0.25, 0.3) is 0 Å². The van der Waals surface area contributed by atoms with Crippen molar-refractivity contribution in [2.45, 2.75) is 32.9 Å². The van der Waals surface area contributed by atoms with E-state index in [1.807, 2.05) is 68.5 Å². The summed E-state index contributed by atoms with van der Waals surface area (Å²) in [7, 11) is 0. The minimum Gasteiger partial charge on any atom is -0.490 e. The maximum Gasteiger partial charge on any atom is 0.220 e. The average molecular weight is 458 g/mol. The summed E-state index contributed by atoms with van der Waals surface area (Å²) < 4.78 is 11.7. The molecule has 0 aliphatic heterocycles. The zero-order chi connectivity index (χ0) is 24.1. The molecule has 1 unspecified atom stereocenters. The first kappa shape index (κ1) is 23.6. The van der Waals surface area contributed by atoms with Crippen molar-refractivity contribution in [3.8, 4) is 22.6 Å². The Balaban J connectivity index is 1.54. The first-order valence-corrected chi connectivity index (χ1v) is 11.7. The number of fused-ring (bicyclic) bond motifs is 3. The molecule has 5 heteroatoms. The van der Waals surface area contributed by atoms with Crippen molar-refractivity contribution in [2.24, 2.45) is 0 Å². The molecule has 176 valence electrons. The van der Waals surface area contributed by atoms with Gasteiger partial charge in [0.1, 0.15) is 12.7 Å². The molecular formula is C29H31NO4. The smallest absolute Gasteiger partial charge is 0.220 e. The van der Waals surface area contributed by atoms with Gasteiger partial charge in [0.15, 0.2) is 11.5 Å². The molecule has 1 atom stereocenters. The molecule has 5 nitrogen and oxygen atoms in total. The van der Waals surface area contributed by atoms with Gasteiger partial charge in [-0.05, 0) is 53.8 Å². The Morgan fingerprint density at radius 2 is 1.65 bits per heavy atom. The summed E-state index contributed by atoms with van der Waals surface area (Å²) in [5, 5.41) is 10.9. The van der Waals surface area contributed by atoms with E-state index >= 15 is 0 Å². The minimum absolute atomic E-state index is 0.0408. The number of rotatable bonds is 9. The summed E-state index contributed by atoms with van der Waals surface area (Å²) in [4.78, 5) is 14.5. The summed E-state index contributed by atoms with van der Waals surface area (Å²) in [5.41, 5.74) is 5.39. The molecule has 34 heavy (non-hydrogen) atoms. The number of hydrogen-bond acceptors (Lipinski definition) is 4. The summed E-state index contributed by atoms with van der Waals surface area (Å²) in [6.45, 7) is 6.13. The monoisotopic (exact) mass is 457 g/mol. The van der Waals surface area contributed by atoms with Crippen LogP contribution in [0.15, 0.2) is 72.8 Å². The molecular weight excluding hydrogens is 426 g/mol. The maximum atomic E-state index is 12.8. The van der Waals surface area contributed by atoms with Crippen LogP contribution in [0.5, 0.6) is 11.5 Å². The molecule has 0 fully saturated rings. The number of amides is 1. The van der Waals surface area contributed by atoms with Gasteiger partial charge in [0.05, 0.1) is 19.2 Å². The predicted octanol–water partition coefficient (Wildman–Crippen LogP) is 5.48. The zero-order valence-corrected chi connectivity index (χ0v) is 19.9. The van der Waals surface area contributed by atoms with Crippen LogP contribution >= 0.6 is 0 Å². The molecule has 0 saturated heterocycles. The van der Waals surface area contributed by atoms with Gasteiger partial charge in [-0.25, -0.2) is 0 Å². The third-order valence-electron chi connectivity index (χ3n) is 5.98. The number of nitrogens with zero attached hydrogens (tertiary/aromatic N) is 1. The van der Waals surface area contributed by atoms with Crippen molar-refractivity contribution < 1.29 is 19.4 Å². The maximum absolute atomic E-state index is 12.8. The second-order valence-corrected chi connectivity index (χ2v) is 8.35. The lowest BCUT2D eigenvalue weighted by molar-refractivity contribution is -0.132. The molecule has 0 aromatic heterocycles. The lowest BCUT2D eigenvalue weighted by atomic mass is 10.0. The molecule has 0 heterocycles. The number of allylic oxidation sites excluding steroid dienone is 1. The average Bonchev–Trinajstić information content (AvgIpc) is 3.17. The van der Waals surface area contributed by atoms with Crippen LogP contribution in [0.4, 0.5) is 0 Å². The predicted molar refractivity (Wildman–Crippen MR) is 135 cm³/mol. The normalized spacial score (nSPS) is 13.4. The summed E-state index contributed by atoms with van der Waals surface area (Å²) in [6.07, 6.45) is 3.06. The van der Waals surface area contributed by atoms with Crippen LogP contribution in [0.3, 0.4) is 0 Å². The molecule has 0 radical (unpaired) electrons. The number of hydrogen-bond donors (Lipinski definition) is 1. The van der Waals surface area contributed by atoms with Crippen LogP contribution in [0.1, 0.15) is 43.5 Å². The lowest BCUT2D eigenvalue weighted by Gasteiger charge is -2.31. The van der Waals surface area contributed by atoms with Gasteiger partial charge in [0.2, 0.25) is 5.91 Å². The SMILES string of the molecule is CC=Cc1ccc(OCC)c(OCC(O)CN(C(C)=O)C2c3ccccc3-c3ccccc32)c1. The summed E-state index contributed by atoms with van der Waals surface area (Å²) >= 11 is 0. The van der Waals surface area contributed by atoms with E-state index in [2.05, 4.69) is 24.3 Å². The lowest BCUT2D eigenvalue weighted by Crippen LogP contribution is -2.40. The number of carbonyl (C=O) groups is 1. The van der Waals surface area contributed by atoms with Crippen LogP contribution in [-0.2, 0) is 4.79 Å². The third-order valence-corrected chi connectivity index (χ3v) is 5.98. The fourth-order valence-corrected chi connectivity index (χ4v) is 4.55. The van der Waals surface area contributed by atoms with Crippen molar-refractivity contribution in [2.75, 3.05) is 19.8 Å². The van der Waals surface area contributed by atoms with Crippen molar-refractivity contribution >= 4 is 12.0 Å². The summed E-state index contributed by atoms with van der Waals surface area (Å²) in [5.74, 6) is 1.10. The fraction of sp³-hybridized carbons (Fsp3) is 0.276. The highest BCUT2D eigenvalue weighted by atomic mass is 16.5. The highest BCUT2D eigenvalue weighted by Crippen LogP contribution is 2.46. The van der Waals surface area contributed by atoms with Crippen molar-refractivity contribution in [3.63, 3.8) is 0 Å². The topological polar surface area (TPSA) is 59.0 Å². The highest BCUT2D eigenvalue weighted by Gasteiger charge is 2.34. The van der Waals surface area contributed by atoms with Crippen LogP contribution in [0, 0.1) is 0 Å². The van der Waals surface area contributed by atoms with Crippen molar-refractivity contribution in [3.05, 3.63) is 89.5 Å². The van der Waals surface area contributed by atoms with Gasteiger partial charge in [-0.15, -0.1) is 0 Å². The molecule has 1 N–H and O–H groups in total. The molecule has 1 aliphatic rings. The quantitative estimate of drug-likeness (QED) is 0.462. The van der Waals surface area contributed by atoms with E-state index in [0.717, 1.165) is 27.8 Å². The molecule has 0 bridgehead atoms. The van der Waals surface area contributed by atoms with Crippen LogP contribution < -0.4 is 9.47 Å². The Kier molecular flexibility index (Phi) is 7.33. The Morgan fingerprint density at radius 1 is 1.00 bits per heavy atom. The molecule has 3 aromatic rings. The number of benzene rings is 3. The van der Waals surface area contributed by atoms with E-state index in [1.54, 1.807) is 11.8 Å². The van der Waals surface area contributed by atoms with E-state index in [-0.39, 0.29) is 25.1 Å². The van der Waals surface area contributed by atoms with Crippen molar-refractivity contribution in [1.82, 2.24) is 4.90 Å². The Bertz CT molecular complexity index is 1140. The van der Waals surface area contributed by atoms with Crippen molar-refractivity contribution in [1.29, 1.82) is 0 Å². The molecule has 4 rings (SSSR count). The van der Waals surface area contributed by atoms with Gasteiger partial charge < -0.3 is 19.5 Å². The Hall–Kier alpha value is -3.57. The van der Waals surface area contributed by atoms with E-state index in [1.165, 1.54) is 0 Å². The Morgan fingerprint density at radius 3 is 2.24 bits per heavy atom. The van der Waals surface area contributed by atoms with E-state index in [0.29, 0.717) is 18.1 Å². The molecule has 3 aromatic carbocycles. The zero-order valence-electron chi connectivity index (χ0n) is 19.9. The molecule has 0 saturated carbocycles. The van der Waals surface area contributed by atoms with Gasteiger partial charge in [-0.3, -0.25) is 4.79 Å². The number of aliphatic hydroxyl groups excluding tert-OH is 1. The van der Waals surface area contributed by atoms with E-state index < -0.39 is 6.10 Å². The van der Waals surface area contributed by atoms with Gasteiger partial charge >= 0.3 is 0 Å². The van der Waals surface area contributed by atoms with Gasteiger partial charge in [-0.2, -0.15) is 0 Å². The second kappa shape index (κ2) is 10.6. The number of carbonyl (C=O) groups excluding carboxylic acids is 1. The largest absolute Gasteiger partial charge is 0.490 e. The van der Waals surface area contributed by atoms with Gasteiger partial charge in [0, 0.05) is 6.92 Å².